The van der Waals surface area contributed by atoms with E-state index in [2.05, 4.69) is 11.4 Å². The lowest BCUT2D eigenvalue weighted by Crippen LogP contribution is -2.25. The van der Waals surface area contributed by atoms with Crippen LogP contribution in [0.2, 0.25) is 0 Å². The van der Waals surface area contributed by atoms with Gasteiger partial charge < -0.3 is 10.4 Å². The number of fused-ring (bicyclic) bond motifs is 1. The summed E-state index contributed by atoms with van der Waals surface area (Å²) in [6.45, 7) is 0.598. The van der Waals surface area contributed by atoms with Crippen LogP contribution in [0.15, 0.2) is 42.5 Å². The Labute approximate surface area is 124 Å². The number of amides is 1. The molecule has 2 aromatic rings. The molecular formula is C18H19NO2. The Morgan fingerprint density at radius 3 is 2.62 bits per heavy atom. The van der Waals surface area contributed by atoms with E-state index in [9.17, 15) is 9.90 Å². The highest BCUT2D eigenvalue weighted by molar-refractivity contribution is 5.94. The Bertz CT molecular complexity index is 647. The number of benzene rings is 2. The van der Waals surface area contributed by atoms with Crippen molar-refractivity contribution in [2.24, 2.45) is 0 Å². The molecule has 21 heavy (non-hydrogen) atoms. The number of rotatable bonds is 4. The standard InChI is InChI=1S/C18H19NO2/c20-17-8-4-13(5-9-17)10-11-19-18(21)16-7-6-14-2-1-3-15(14)12-16/h4-9,12,20H,1-3,10-11H2,(H,19,21). The Morgan fingerprint density at radius 2 is 1.81 bits per heavy atom. The average Bonchev–Trinajstić information content (AvgIpc) is 2.96. The molecule has 0 heterocycles. The van der Waals surface area contributed by atoms with E-state index in [0.29, 0.717) is 6.54 Å². The summed E-state index contributed by atoms with van der Waals surface area (Å²) in [7, 11) is 0. The van der Waals surface area contributed by atoms with Gasteiger partial charge in [-0.3, -0.25) is 4.79 Å². The van der Waals surface area contributed by atoms with Gasteiger partial charge in [0.05, 0.1) is 0 Å². The number of hydrogen-bond acceptors (Lipinski definition) is 2. The minimum Gasteiger partial charge on any atom is -0.508 e. The molecule has 1 aliphatic carbocycles. The first-order valence-corrected chi connectivity index (χ1v) is 7.40. The predicted octanol–water partition coefficient (Wildman–Crippen LogP) is 2.85. The lowest BCUT2D eigenvalue weighted by Gasteiger charge is -2.07. The summed E-state index contributed by atoms with van der Waals surface area (Å²) in [5.41, 5.74) is 4.56. The van der Waals surface area contributed by atoms with Gasteiger partial charge in [0.15, 0.2) is 0 Å². The minimum atomic E-state index is -0.0107. The van der Waals surface area contributed by atoms with Crippen LogP contribution in [0, 0.1) is 0 Å². The van der Waals surface area contributed by atoms with Crippen molar-refractivity contribution in [3.63, 3.8) is 0 Å². The van der Waals surface area contributed by atoms with E-state index in [1.807, 2.05) is 24.3 Å². The second kappa shape index (κ2) is 6.00. The van der Waals surface area contributed by atoms with Gasteiger partial charge in [-0.1, -0.05) is 18.2 Å². The van der Waals surface area contributed by atoms with Gasteiger partial charge in [-0.15, -0.1) is 0 Å². The zero-order valence-electron chi connectivity index (χ0n) is 11.9. The number of carbonyl (C=O) groups is 1. The van der Waals surface area contributed by atoms with Crippen LogP contribution in [-0.4, -0.2) is 17.6 Å². The molecule has 0 aromatic heterocycles. The largest absolute Gasteiger partial charge is 0.508 e. The van der Waals surface area contributed by atoms with Crippen molar-refractivity contribution in [1.82, 2.24) is 5.32 Å². The van der Waals surface area contributed by atoms with Gasteiger partial charge in [-0.05, 0) is 66.6 Å². The summed E-state index contributed by atoms with van der Waals surface area (Å²) in [6.07, 6.45) is 4.18. The van der Waals surface area contributed by atoms with Crippen LogP contribution >= 0.6 is 0 Å². The third-order valence-corrected chi connectivity index (χ3v) is 4.00. The van der Waals surface area contributed by atoms with Crippen LogP contribution < -0.4 is 5.32 Å². The topological polar surface area (TPSA) is 49.3 Å². The second-order valence-corrected chi connectivity index (χ2v) is 5.51. The van der Waals surface area contributed by atoms with Gasteiger partial charge in [0.2, 0.25) is 0 Å². The summed E-state index contributed by atoms with van der Waals surface area (Å²) in [6, 6.07) is 13.1. The van der Waals surface area contributed by atoms with Crippen LogP contribution in [-0.2, 0) is 19.3 Å². The van der Waals surface area contributed by atoms with Crippen molar-refractivity contribution in [3.05, 3.63) is 64.7 Å². The maximum atomic E-state index is 12.1. The Hall–Kier alpha value is -2.29. The first-order chi connectivity index (χ1) is 10.2. The van der Waals surface area contributed by atoms with Gasteiger partial charge in [0.1, 0.15) is 5.75 Å². The molecule has 1 amide bonds. The molecule has 0 fully saturated rings. The second-order valence-electron chi connectivity index (χ2n) is 5.51. The van der Waals surface area contributed by atoms with Gasteiger partial charge in [-0.25, -0.2) is 0 Å². The number of carbonyl (C=O) groups excluding carboxylic acids is 1. The smallest absolute Gasteiger partial charge is 0.251 e. The first-order valence-electron chi connectivity index (χ1n) is 7.40. The van der Waals surface area contributed by atoms with Gasteiger partial charge in [0, 0.05) is 12.1 Å². The molecular weight excluding hydrogens is 262 g/mol. The fourth-order valence-electron chi connectivity index (χ4n) is 2.80. The van der Waals surface area contributed by atoms with Crippen molar-refractivity contribution in [3.8, 4) is 5.75 Å². The van der Waals surface area contributed by atoms with Crippen LogP contribution in [0.1, 0.15) is 33.5 Å². The molecule has 3 heteroatoms. The zero-order chi connectivity index (χ0) is 14.7. The van der Waals surface area contributed by atoms with Gasteiger partial charge in [-0.2, -0.15) is 0 Å². The van der Waals surface area contributed by atoms with Crippen LogP contribution in [0.4, 0.5) is 0 Å². The Balaban J connectivity index is 1.55. The molecule has 2 N–H and O–H groups in total. The molecule has 0 spiro atoms. The van der Waals surface area contributed by atoms with Crippen LogP contribution in [0.3, 0.4) is 0 Å². The third kappa shape index (κ3) is 3.24. The minimum absolute atomic E-state index is 0.0107. The molecule has 1 aliphatic rings. The number of phenolic OH excluding ortho intramolecular Hbond substituents is 1. The Kier molecular flexibility index (Phi) is 3.91. The molecule has 0 radical (unpaired) electrons. The van der Waals surface area contributed by atoms with Crippen LogP contribution in [0.5, 0.6) is 5.75 Å². The van der Waals surface area contributed by atoms with E-state index < -0.39 is 0 Å². The molecule has 0 saturated carbocycles. The number of hydrogen-bond donors (Lipinski definition) is 2. The third-order valence-electron chi connectivity index (χ3n) is 4.00. The summed E-state index contributed by atoms with van der Waals surface area (Å²) in [4.78, 5) is 12.1. The van der Waals surface area contributed by atoms with Crippen molar-refractivity contribution in [2.75, 3.05) is 6.54 Å². The highest BCUT2D eigenvalue weighted by atomic mass is 16.3. The molecule has 0 aliphatic heterocycles. The van der Waals surface area contributed by atoms with Crippen LogP contribution in [0.25, 0.3) is 0 Å². The molecule has 0 bridgehead atoms. The van der Waals surface area contributed by atoms with E-state index in [4.69, 9.17) is 0 Å². The fraction of sp³-hybridized carbons (Fsp3) is 0.278. The normalized spacial score (nSPS) is 13.0. The molecule has 0 unspecified atom stereocenters. The summed E-state index contributed by atoms with van der Waals surface area (Å²) in [5, 5.41) is 12.2. The Morgan fingerprint density at radius 1 is 1.05 bits per heavy atom. The molecule has 3 rings (SSSR count). The number of nitrogens with one attached hydrogen (secondary N) is 1. The maximum absolute atomic E-state index is 12.1. The number of phenols is 1. The van der Waals surface area contributed by atoms with Crippen molar-refractivity contribution >= 4 is 5.91 Å². The maximum Gasteiger partial charge on any atom is 0.251 e. The van der Waals surface area contributed by atoms with Crippen molar-refractivity contribution in [1.29, 1.82) is 0 Å². The zero-order valence-corrected chi connectivity index (χ0v) is 11.9. The quantitative estimate of drug-likeness (QED) is 0.905. The van der Waals surface area contributed by atoms with E-state index in [-0.39, 0.29) is 11.7 Å². The highest BCUT2D eigenvalue weighted by Gasteiger charge is 2.13. The molecule has 0 atom stereocenters. The van der Waals surface area contributed by atoms with E-state index in [1.54, 1.807) is 12.1 Å². The molecule has 2 aromatic carbocycles. The molecule has 3 nitrogen and oxygen atoms in total. The van der Waals surface area contributed by atoms with Crippen molar-refractivity contribution in [2.45, 2.75) is 25.7 Å². The lowest BCUT2D eigenvalue weighted by atomic mass is 10.1. The highest BCUT2D eigenvalue weighted by Crippen LogP contribution is 2.22. The van der Waals surface area contributed by atoms with Gasteiger partial charge >= 0.3 is 0 Å². The summed E-state index contributed by atoms with van der Waals surface area (Å²) in [5.74, 6) is 0.254. The molecule has 108 valence electrons. The lowest BCUT2D eigenvalue weighted by molar-refractivity contribution is 0.0954. The fourth-order valence-corrected chi connectivity index (χ4v) is 2.80. The number of aromatic hydroxyl groups is 1. The van der Waals surface area contributed by atoms with E-state index in [1.165, 1.54) is 17.5 Å². The summed E-state index contributed by atoms with van der Waals surface area (Å²) < 4.78 is 0. The molecule has 0 saturated heterocycles. The predicted molar refractivity (Wildman–Crippen MR) is 82.6 cm³/mol. The average molecular weight is 281 g/mol. The monoisotopic (exact) mass is 281 g/mol. The number of aryl methyl sites for hydroxylation is 2. The van der Waals surface area contributed by atoms with E-state index >= 15 is 0 Å². The van der Waals surface area contributed by atoms with Gasteiger partial charge in [0.25, 0.3) is 5.91 Å². The first kappa shape index (κ1) is 13.7. The van der Waals surface area contributed by atoms with Crippen molar-refractivity contribution < 1.29 is 9.90 Å². The summed E-state index contributed by atoms with van der Waals surface area (Å²) >= 11 is 0. The van der Waals surface area contributed by atoms with E-state index in [0.717, 1.165) is 30.4 Å². The SMILES string of the molecule is O=C(NCCc1ccc(O)cc1)c1ccc2c(c1)CCC2.